The minimum atomic E-state index is -0.0444. The standard InChI is InChI=1S/C25H41N3O3/c29-22(16-24-13-19-10-20(14-24)12-21(11-19)15-24)26-17-23(30)27-18-25(4-2-1-3-5-25)28-6-8-31-9-7-28/h19-21H,1-18H2,(H,26,29)(H,27,30). The van der Waals surface area contributed by atoms with Crippen LogP contribution < -0.4 is 10.6 Å². The second-order valence-corrected chi connectivity index (χ2v) is 11.5. The number of ether oxygens (including phenoxy) is 1. The molecular formula is C25H41N3O3. The number of carbonyl (C=O) groups is 2. The van der Waals surface area contributed by atoms with Crippen LogP contribution in [0.1, 0.15) is 77.0 Å². The maximum absolute atomic E-state index is 12.7. The highest BCUT2D eigenvalue weighted by Gasteiger charge is 2.51. The van der Waals surface area contributed by atoms with Gasteiger partial charge >= 0.3 is 0 Å². The Morgan fingerprint density at radius 3 is 2.06 bits per heavy atom. The molecule has 5 aliphatic carbocycles. The Morgan fingerprint density at radius 2 is 1.45 bits per heavy atom. The Kier molecular flexibility index (Phi) is 6.31. The van der Waals surface area contributed by atoms with E-state index < -0.39 is 0 Å². The molecule has 0 atom stereocenters. The summed E-state index contributed by atoms with van der Waals surface area (Å²) in [6.07, 6.45) is 14.6. The van der Waals surface area contributed by atoms with Gasteiger partial charge in [0.05, 0.1) is 19.8 Å². The van der Waals surface area contributed by atoms with Crippen molar-refractivity contribution >= 4 is 11.8 Å². The summed E-state index contributed by atoms with van der Waals surface area (Å²) in [7, 11) is 0. The van der Waals surface area contributed by atoms with Crippen LogP contribution in [-0.4, -0.2) is 61.6 Å². The number of amides is 2. The highest BCUT2D eigenvalue weighted by molar-refractivity contribution is 5.85. The van der Waals surface area contributed by atoms with Crippen molar-refractivity contribution in [2.45, 2.75) is 82.6 Å². The van der Waals surface area contributed by atoms with E-state index in [2.05, 4.69) is 15.5 Å². The molecule has 2 amide bonds. The van der Waals surface area contributed by atoms with Crippen molar-refractivity contribution in [3.63, 3.8) is 0 Å². The minimum Gasteiger partial charge on any atom is -0.379 e. The molecule has 6 fully saturated rings. The molecule has 6 nitrogen and oxygen atoms in total. The first-order valence-corrected chi connectivity index (χ1v) is 12.9. The van der Waals surface area contributed by atoms with Crippen molar-refractivity contribution in [1.82, 2.24) is 15.5 Å². The summed E-state index contributed by atoms with van der Waals surface area (Å²) in [5.74, 6) is 2.60. The zero-order valence-corrected chi connectivity index (χ0v) is 19.1. The summed E-state index contributed by atoms with van der Waals surface area (Å²) >= 11 is 0. The van der Waals surface area contributed by atoms with Crippen molar-refractivity contribution in [2.24, 2.45) is 23.2 Å². The first-order chi connectivity index (χ1) is 15.0. The van der Waals surface area contributed by atoms with Gasteiger partial charge in [-0.1, -0.05) is 19.3 Å². The van der Waals surface area contributed by atoms with Crippen LogP contribution >= 0.6 is 0 Å². The van der Waals surface area contributed by atoms with Gasteiger partial charge in [-0.3, -0.25) is 14.5 Å². The first-order valence-electron chi connectivity index (χ1n) is 12.9. The quantitative estimate of drug-likeness (QED) is 0.650. The monoisotopic (exact) mass is 431 g/mol. The van der Waals surface area contributed by atoms with Gasteiger partial charge in [-0.2, -0.15) is 0 Å². The molecule has 0 aromatic rings. The molecule has 1 heterocycles. The molecule has 6 heteroatoms. The smallest absolute Gasteiger partial charge is 0.239 e. The molecule has 0 radical (unpaired) electrons. The Labute approximate surface area is 187 Å². The number of rotatable bonds is 7. The number of nitrogens with zero attached hydrogens (tertiary/aromatic N) is 1. The van der Waals surface area contributed by atoms with Gasteiger partial charge in [0, 0.05) is 31.6 Å². The molecule has 31 heavy (non-hydrogen) atoms. The molecule has 5 saturated carbocycles. The summed E-state index contributed by atoms with van der Waals surface area (Å²) in [4.78, 5) is 27.9. The molecule has 4 bridgehead atoms. The second-order valence-electron chi connectivity index (χ2n) is 11.5. The van der Waals surface area contributed by atoms with Crippen LogP contribution in [0.3, 0.4) is 0 Å². The largest absolute Gasteiger partial charge is 0.379 e. The fourth-order valence-corrected chi connectivity index (χ4v) is 8.27. The highest BCUT2D eigenvalue weighted by Crippen LogP contribution is 2.61. The zero-order chi connectivity index (χ0) is 21.3. The molecule has 0 aromatic carbocycles. The van der Waals surface area contributed by atoms with Gasteiger partial charge < -0.3 is 15.4 Å². The van der Waals surface area contributed by atoms with E-state index >= 15 is 0 Å². The van der Waals surface area contributed by atoms with Gasteiger partial charge in [0.1, 0.15) is 0 Å². The Morgan fingerprint density at radius 1 is 0.839 bits per heavy atom. The van der Waals surface area contributed by atoms with Crippen molar-refractivity contribution in [3.05, 3.63) is 0 Å². The SMILES string of the molecule is O=C(CNC(=O)CC12CC3CC(CC(C3)C1)C2)NCC1(N2CCOCC2)CCCCC1. The normalized spacial score (nSPS) is 36.8. The number of morpholine rings is 1. The zero-order valence-electron chi connectivity index (χ0n) is 19.1. The fourth-order valence-electron chi connectivity index (χ4n) is 8.27. The van der Waals surface area contributed by atoms with E-state index in [0.29, 0.717) is 13.0 Å². The average Bonchev–Trinajstić information content (AvgIpc) is 2.76. The summed E-state index contributed by atoms with van der Waals surface area (Å²) in [6.45, 7) is 4.29. The Balaban J connectivity index is 1.09. The predicted octanol–water partition coefficient (Wildman–Crippen LogP) is 2.86. The van der Waals surface area contributed by atoms with Gasteiger partial charge in [-0.15, -0.1) is 0 Å². The van der Waals surface area contributed by atoms with Gasteiger partial charge in [-0.25, -0.2) is 0 Å². The average molecular weight is 432 g/mol. The maximum Gasteiger partial charge on any atom is 0.239 e. The van der Waals surface area contributed by atoms with Crippen LogP contribution in [0, 0.1) is 23.2 Å². The van der Waals surface area contributed by atoms with Gasteiger partial charge in [0.15, 0.2) is 0 Å². The fraction of sp³-hybridized carbons (Fsp3) is 0.920. The van der Waals surface area contributed by atoms with Gasteiger partial charge in [0.2, 0.25) is 11.8 Å². The molecule has 1 aliphatic heterocycles. The van der Waals surface area contributed by atoms with Gasteiger partial charge in [0.25, 0.3) is 0 Å². The van der Waals surface area contributed by atoms with Crippen LogP contribution in [-0.2, 0) is 14.3 Å². The third kappa shape index (κ3) is 4.80. The lowest BCUT2D eigenvalue weighted by atomic mass is 9.49. The van der Waals surface area contributed by atoms with E-state index in [1.165, 1.54) is 57.8 Å². The molecule has 174 valence electrons. The van der Waals surface area contributed by atoms with Crippen LogP contribution in [0.25, 0.3) is 0 Å². The van der Waals surface area contributed by atoms with Crippen LogP contribution in [0.4, 0.5) is 0 Å². The molecule has 6 rings (SSSR count). The molecular weight excluding hydrogens is 390 g/mol. The van der Waals surface area contributed by atoms with Crippen LogP contribution in [0.2, 0.25) is 0 Å². The lowest BCUT2D eigenvalue weighted by Crippen LogP contribution is -2.60. The lowest BCUT2D eigenvalue weighted by molar-refractivity contribution is -0.132. The summed E-state index contributed by atoms with van der Waals surface area (Å²) in [5, 5.41) is 6.12. The van der Waals surface area contributed by atoms with Crippen molar-refractivity contribution in [2.75, 3.05) is 39.4 Å². The molecule has 0 unspecified atom stereocenters. The van der Waals surface area contributed by atoms with E-state index in [1.807, 2.05) is 0 Å². The molecule has 0 spiro atoms. The summed E-state index contributed by atoms with van der Waals surface area (Å²) in [6, 6.07) is 0. The summed E-state index contributed by atoms with van der Waals surface area (Å²) in [5.41, 5.74) is 0.304. The summed E-state index contributed by atoms with van der Waals surface area (Å²) < 4.78 is 5.55. The van der Waals surface area contributed by atoms with Crippen molar-refractivity contribution in [1.29, 1.82) is 0 Å². The van der Waals surface area contributed by atoms with E-state index in [1.54, 1.807) is 0 Å². The van der Waals surface area contributed by atoms with Crippen LogP contribution in [0.5, 0.6) is 0 Å². The number of carbonyl (C=O) groups excluding carboxylic acids is 2. The first kappa shape index (κ1) is 21.7. The van der Waals surface area contributed by atoms with Crippen molar-refractivity contribution < 1.29 is 14.3 Å². The Hall–Kier alpha value is -1.14. The van der Waals surface area contributed by atoms with E-state index in [0.717, 1.165) is 56.9 Å². The predicted molar refractivity (Wildman–Crippen MR) is 119 cm³/mol. The third-order valence-electron chi connectivity index (χ3n) is 9.23. The second kappa shape index (κ2) is 9.01. The van der Waals surface area contributed by atoms with Crippen molar-refractivity contribution in [3.8, 4) is 0 Å². The maximum atomic E-state index is 12.7. The highest BCUT2D eigenvalue weighted by atomic mass is 16.5. The molecule has 0 aromatic heterocycles. The lowest BCUT2D eigenvalue weighted by Gasteiger charge is -2.56. The van der Waals surface area contributed by atoms with Crippen LogP contribution in [0.15, 0.2) is 0 Å². The van der Waals surface area contributed by atoms with Gasteiger partial charge in [-0.05, 0) is 74.5 Å². The Bertz CT molecular complexity index is 632. The third-order valence-corrected chi connectivity index (χ3v) is 9.23. The molecule has 2 N–H and O–H groups in total. The topological polar surface area (TPSA) is 70.7 Å². The minimum absolute atomic E-state index is 0.0444. The molecule has 6 aliphatic rings. The number of hydrogen-bond acceptors (Lipinski definition) is 4. The molecule has 1 saturated heterocycles. The van der Waals surface area contributed by atoms with E-state index in [4.69, 9.17) is 4.74 Å². The van der Waals surface area contributed by atoms with E-state index in [9.17, 15) is 9.59 Å². The number of hydrogen-bond donors (Lipinski definition) is 2. The van der Waals surface area contributed by atoms with E-state index in [-0.39, 0.29) is 29.3 Å². The number of nitrogens with one attached hydrogen (secondary N) is 2.